The van der Waals surface area contributed by atoms with Crippen molar-refractivity contribution < 1.29 is 14.3 Å². The van der Waals surface area contributed by atoms with Gasteiger partial charge in [0.2, 0.25) is 5.91 Å². The van der Waals surface area contributed by atoms with E-state index in [-0.39, 0.29) is 18.1 Å². The van der Waals surface area contributed by atoms with Gasteiger partial charge in [0.25, 0.3) is 0 Å². The lowest BCUT2D eigenvalue weighted by molar-refractivity contribution is -0.158. The van der Waals surface area contributed by atoms with Crippen LogP contribution in [-0.4, -0.2) is 24.9 Å². The summed E-state index contributed by atoms with van der Waals surface area (Å²) in [5.41, 5.74) is 5.04. The highest BCUT2D eigenvalue weighted by Gasteiger charge is 2.48. The number of amides is 1. The maximum atomic E-state index is 11.6. The van der Waals surface area contributed by atoms with Crippen LogP contribution in [0.5, 0.6) is 0 Å². The van der Waals surface area contributed by atoms with E-state index in [4.69, 9.17) is 15.2 Å². The molecule has 1 aliphatic heterocycles. The summed E-state index contributed by atoms with van der Waals surface area (Å²) in [6.45, 7) is 1.99. The molecule has 0 spiro atoms. The Hall–Kier alpha value is -0.870. The third-order valence-electron chi connectivity index (χ3n) is 4.54. The maximum absolute atomic E-state index is 11.6. The van der Waals surface area contributed by atoms with E-state index >= 15 is 0 Å². The van der Waals surface area contributed by atoms with Crippen molar-refractivity contribution >= 4 is 5.91 Å². The summed E-state index contributed by atoms with van der Waals surface area (Å²) < 4.78 is 11.2. The van der Waals surface area contributed by atoms with Gasteiger partial charge in [-0.3, -0.25) is 4.79 Å². The minimum Gasteiger partial charge on any atom is -0.369 e. The van der Waals surface area contributed by atoms with Gasteiger partial charge < -0.3 is 15.2 Å². The molecule has 2 aliphatic rings. The van der Waals surface area contributed by atoms with Crippen LogP contribution in [-0.2, 0) is 14.3 Å². The predicted octanol–water partition coefficient (Wildman–Crippen LogP) is 2.38. The first-order valence-electron chi connectivity index (χ1n) is 7.22. The largest absolute Gasteiger partial charge is 0.369 e. The summed E-state index contributed by atoms with van der Waals surface area (Å²) in [6, 6.07) is 0. The standard InChI is InChI=1S/C15H25NO3/c1-15(9-8-11-6-4-3-5-7-11)12(14(16)17)10-13(18-2)19-15/h4,6,11-13H,3,5,7-10H2,1-2H3,(H2,16,17)/t11?,12-,13?,15+/m0/s1. The van der Waals surface area contributed by atoms with Crippen molar-refractivity contribution in [1.82, 2.24) is 0 Å². The number of rotatable bonds is 5. The van der Waals surface area contributed by atoms with Crippen molar-refractivity contribution in [3.8, 4) is 0 Å². The second kappa shape index (κ2) is 6.06. The predicted molar refractivity (Wildman–Crippen MR) is 73.3 cm³/mol. The Morgan fingerprint density at radius 3 is 2.95 bits per heavy atom. The zero-order chi connectivity index (χ0) is 13.9. The first kappa shape index (κ1) is 14.5. The van der Waals surface area contributed by atoms with Crippen molar-refractivity contribution in [2.75, 3.05) is 7.11 Å². The fourth-order valence-corrected chi connectivity index (χ4v) is 3.26. The molecule has 0 bridgehead atoms. The van der Waals surface area contributed by atoms with Crippen LogP contribution in [0.15, 0.2) is 12.2 Å². The van der Waals surface area contributed by atoms with Gasteiger partial charge in [-0.25, -0.2) is 0 Å². The average molecular weight is 267 g/mol. The summed E-state index contributed by atoms with van der Waals surface area (Å²) in [5, 5.41) is 0. The molecule has 2 rings (SSSR count). The van der Waals surface area contributed by atoms with Crippen LogP contribution in [0.3, 0.4) is 0 Å². The smallest absolute Gasteiger partial charge is 0.223 e. The SMILES string of the molecule is COC1C[C@@H](C(N)=O)[C@@](C)(CCC2C=CCCC2)O1. The number of carbonyl (C=O) groups excluding carboxylic acids is 1. The van der Waals surface area contributed by atoms with Crippen molar-refractivity contribution in [2.45, 2.75) is 57.3 Å². The Morgan fingerprint density at radius 1 is 1.58 bits per heavy atom. The van der Waals surface area contributed by atoms with Crippen LogP contribution in [0.2, 0.25) is 0 Å². The lowest BCUT2D eigenvalue weighted by atomic mass is 9.81. The number of ether oxygens (including phenoxy) is 2. The summed E-state index contributed by atoms with van der Waals surface area (Å²) >= 11 is 0. The molecule has 0 radical (unpaired) electrons. The second-order valence-electron chi connectivity index (χ2n) is 5.94. The van der Waals surface area contributed by atoms with Gasteiger partial charge in [-0.2, -0.15) is 0 Å². The molecule has 4 atom stereocenters. The summed E-state index contributed by atoms with van der Waals surface area (Å²) in [7, 11) is 1.61. The lowest BCUT2D eigenvalue weighted by Crippen LogP contribution is -2.40. The molecule has 0 saturated carbocycles. The van der Waals surface area contributed by atoms with Gasteiger partial charge in [0, 0.05) is 13.5 Å². The molecule has 1 heterocycles. The summed E-state index contributed by atoms with van der Waals surface area (Å²) in [5.74, 6) is 0.0931. The Bertz CT molecular complexity index is 355. The number of hydrogen-bond acceptors (Lipinski definition) is 3. The molecule has 0 aromatic rings. The van der Waals surface area contributed by atoms with Crippen LogP contribution in [0.25, 0.3) is 0 Å². The number of allylic oxidation sites excluding steroid dienone is 2. The van der Waals surface area contributed by atoms with Crippen LogP contribution in [0, 0.1) is 11.8 Å². The molecule has 1 saturated heterocycles. The number of primary amides is 1. The van der Waals surface area contributed by atoms with Crippen LogP contribution >= 0.6 is 0 Å². The molecule has 0 aromatic carbocycles. The summed E-state index contributed by atoms with van der Waals surface area (Å²) in [4.78, 5) is 11.6. The van der Waals surface area contributed by atoms with E-state index in [9.17, 15) is 4.79 Å². The average Bonchev–Trinajstić information content (AvgIpc) is 2.76. The van der Waals surface area contributed by atoms with Crippen molar-refractivity contribution in [2.24, 2.45) is 17.6 Å². The summed E-state index contributed by atoms with van der Waals surface area (Å²) in [6.07, 6.45) is 10.4. The number of hydrogen-bond donors (Lipinski definition) is 1. The van der Waals surface area contributed by atoms with Gasteiger partial charge in [0.15, 0.2) is 6.29 Å². The second-order valence-corrected chi connectivity index (χ2v) is 5.94. The van der Waals surface area contributed by atoms with Crippen molar-refractivity contribution in [3.63, 3.8) is 0 Å². The molecular weight excluding hydrogens is 242 g/mol. The topological polar surface area (TPSA) is 61.5 Å². The van der Waals surface area contributed by atoms with Crippen LogP contribution in [0.1, 0.15) is 45.4 Å². The molecule has 4 nitrogen and oxygen atoms in total. The quantitative estimate of drug-likeness (QED) is 0.778. The Morgan fingerprint density at radius 2 is 2.37 bits per heavy atom. The molecule has 4 heteroatoms. The monoisotopic (exact) mass is 267 g/mol. The number of nitrogens with two attached hydrogens (primary N) is 1. The molecule has 2 unspecified atom stereocenters. The third-order valence-corrected chi connectivity index (χ3v) is 4.54. The van der Waals surface area contributed by atoms with E-state index in [2.05, 4.69) is 12.2 Å². The first-order chi connectivity index (χ1) is 9.05. The molecule has 1 aliphatic carbocycles. The van der Waals surface area contributed by atoms with Gasteiger partial charge in [0.05, 0.1) is 11.5 Å². The molecule has 108 valence electrons. The van der Waals surface area contributed by atoms with Crippen molar-refractivity contribution in [1.29, 1.82) is 0 Å². The molecule has 19 heavy (non-hydrogen) atoms. The molecular formula is C15H25NO3. The van der Waals surface area contributed by atoms with Crippen molar-refractivity contribution in [3.05, 3.63) is 12.2 Å². The van der Waals surface area contributed by atoms with Gasteiger partial charge >= 0.3 is 0 Å². The Kier molecular flexibility index (Phi) is 4.63. The fraction of sp³-hybridized carbons (Fsp3) is 0.800. The zero-order valence-electron chi connectivity index (χ0n) is 11.9. The van der Waals surface area contributed by atoms with E-state index in [1.807, 2.05) is 6.92 Å². The van der Waals surface area contributed by atoms with Crippen LogP contribution < -0.4 is 5.73 Å². The van der Waals surface area contributed by atoms with E-state index < -0.39 is 5.60 Å². The highest BCUT2D eigenvalue weighted by Crippen LogP contribution is 2.41. The number of carbonyl (C=O) groups is 1. The molecule has 1 fully saturated rings. The molecule has 2 N–H and O–H groups in total. The normalized spacial score (nSPS) is 38.5. The molecule has 0 aromatic heterocycles. The highest BCUT2D eigenvalue weighted by atomic mass is 16.7. The zero-order valence-corrected chi connectivity index (χ0v) is 11.9. The third kappa shape index (κ3) is 3.37. The Labute approximate surface area is 115 Å². The minimum absolute atomic E-state index is 0.245. The van der Waals surface area contributed by atoms with Gasteiger partial charge in [0.1, 0.15) is 0 Å². The highest BCUT2D eigenvalue weighted by molar-refractivity contribution is 5.78. The van der Waals surface area contributed by atoms with E-state index in [1.54, 1.807) is 7.11 Å². The minimum atomic E-state index is -0.474. The van der Waals surface area contributed by atoms with Crippen LogP contribution in [0.4, 0.5) is 0 Å². The van der Waals surface area contributed by atoms with E-state index in [1.165, 1.54) is 19.3 Å². The van der Waals surface area contributed by atoms with E-state index in [0.29, 0.717) is 12.3 Å². The maximum Gasteiger partial charge on any atom is 0.223 e. The van der Waals surface area contributed by atoms with Gasteiger partial charge in [-0.15, -0.1) is 0 Å². The first-order valence-corrected chi connectivity index (χ1v) is 7.22. The van der Waals surface area contributed by atoms with Gasteiger partial charge in [-0.05, 0) is 44.9 Å². The number of methoxy groups -OCH3 is 1. The fourth-order valence-electron chi connectivity index (χ4n) is 3.26. The van der Waals surface area contributed by atoms with E-state index in [0.717, 1.165) is 12.8 Å². The molecule has 1 amide bonds. The Balaban J connectivity index is 1.96. The lowest BCUT2D eigenvalue weighted by Gasteiger charge is -2.30. The van der Waals surface area contributed by atoms with Gasteiger partial charge in [-0.1, -0.05) is 12.2 Å².